The Hall–Kier alpha value is -1.81. The van der Waals surface area contributed by atoms with E-state index in [0.29, 0.717) is 30.1 Å². The van der Waals surface area contributed by atoms with Gasteiger partial charge in [0.25, 0.3) is 0 Å². The molecular formula is C20H25ClN2O5S2. The molecule has 2 aromatic carbocycles. The topological polar surface area (TPSA) is 92.8 Å². The van der Waals surface area contributed by atoms with E-state index in [0.717, 1.165) is 12.0 Å². The molecule has 164 valence electrons. The van der Waals surface area contributed by atoms with Gasteiger partial charge in [-0.1, -0.05) is 23.7 Å². The van der Waals surface area contributed by atoms with Gasteiger partial charge in [-0.25, -0.2) is 21.6 Å². The standard InChI is InChI=1S/C20H25ClN2O5S2/c1-2-28-19-10-9-18(23-13-3-4-14-29(23,24)25)15-20(19)30(26,27)22-12-11-16-5-7-17(21)8-6-16/h5-10,15,22H,2-4,11-14H2,1H3. The van der Waals surface area contributed by atoms with Crippen LogP contribution >= 0.6 is 11.6 Å². The maximum absolute atomic E-state index is 13.0. The first kappa shape index (κ1) is 22.9. The molecule has 0 aliphatic carbocycles. The summed E-state index contributed by atoms with van der Waals surface area (Å²) in [5, 5.41) is 0.616. The molecule has 10 heteroatoms. The van der Waals surface area contributed by atoms with Crippen LogP contribution in [0.2, 0.25) is 5.02 Å². The van der Waals surface area contributed by atoms with Crippen LogP contribution in [0.3, 0.4) is 0 Å². The van der Waals surface area contributed by atoms with E-state index in [4.69, 9.17) is 16.3 Å². The molecule has 1 fully saturated rings. The molecule has 0 amide bonds. The number of ether oxygens (including phenoxy) is 1. The lowest BCUT2D eigenvalue weighted by molar-refractivity contribution is 0.331. The molecule has 1 aliphatic rings. The monoisotopic (exact) mass is 472 g/mol. The summed E-state index contributed by atoms with van der Waals surface area (Å²) in [6.07, 6.45) is 1.82. The van der Waals surface area contributed by atoms with Crippen LogP contribution in [0.15, 0.2) is 47.4 Å². The van der Waals surface area contributed by atoms with Crippen molar-refractivity contribution in [3.8, 4) is 5.75 Å². The average molecular weight is 473 g/mol. The van der Waals surface area contributed by atoms with Crippen molar-refractivity contribution < 1.29 is 21.6 Å². The fourth-order valence-corrected chi connectivity index (χ4v) is 6.23. The minimum Gasteiger partial charge on any atom is -0.492 e. The van der Waals surface area contributed by atoms with Gasteiger partial charge >= 0.3 is 0 Å². The zero-order valence-corrected chi connectivity index (χ0v) is 19.1. The normalized spacial score (nSPS) is 16.4. The Bertz CT molecular complexity index is 1090. The molecule has 2 aromatic rings. The fraction of sp³-hybridized carbons (Fsp3) is 0.400. The Morgan fingerprint density at radius 2 is 1.87 bits per heavy atom. The molecule has 0 unspecified atom stereocenters. The highest BCUT2D eigenvalue weighted by atomic mass is 35.5. The molecule has 0 atom stereocenters. The molecule has 1 saturated heterocycles. The minimum absolute atomic E-state index is 0.0572. The highest BCUT2D eigenvalue weighted by molar-refractivity contribution is 7.92. The molecule has 3 rings (SSSR count). The van der Waals surface area contributed by atoms with Crippen LogP contribution in [0.5, 0.6) is 5.75 Å². The number of halogens is 1. The van der Waals surface area contributed by atoms with Crippen molar-refractivity contribution in [3.05, 3.63) is 53.1 Å². The Morgan fingerprint density at radius 3 is 2.53 bits per heavy atom. The van der Waals surface area contributed by atoms with E-state index in [9.17, 15) is 16.8 Å². The highest BCUT2D eigenvalue weighted by Crippen LogP contribution is 2.32. The zero-order chi connectivity index (χ0) is 21.8. The van der Waals surface area contributed by atoms with Crippen LogP contribution in [-0.2, 0) is 26.5 Å². The van der Waals surface area contributed by atoms with E-state index < -0.39 is 20.0 Å². The third-order valence-corrected chi connectivity index (χ3v) is 8.38. The molecule has 1 heterocycles. The molecule has 0 bridgehead atoms. The number of anilines is 1. The largest absolute Gasteiger partial charge is 0.492 e. The van der Waals surface area contributed by atoms with Gasteiger partial charge in [-0.2, -0.15) is 0 Å². The lowest BCUT2D eigenvalue weighted by atomic mass is 10.2. The van der Waals surface area contributed by atoms with Gasteiger partial charge < -0.3 is 4.74 Å². The maximum Gasteiger partial charge on any atom is 0.244 e. The minimum atomic E-state index is -3.91. The second kappa shape index (κ2) is 9.55. The first-order valence-electron chi connectivity index (χ1n) is 9.74. The van der Waals surface area contributed by atoms with Crippen molar-refractivity contribution >= 4 is 37.3 Å². The number of nitrogens with zero attached hydrogens (tertiary/aromatic N) is 1. The molecule has 1 aliphatic heterocycles. The van der Waals surface area contributed by atoms with Crippen LogP contribution in [0.25, 0.3) is 0 Å². The Kier molecular flexibility index (Phi) is 7.28. The third kappa shape index (κ3) is 5.46. The number of nitrogens with one attached hydrogen (secondary N) is 1. The van der Waals surface area contributed by atoms with Gasteiger partial charge in [-0.05, 0) is 62.1 Å². The summed E-state index contributed by atoms with van der Waals surface area (Å²) < 4.78 is 60.2. The van der Waals surface area contributed by atoms with Gasteiger partial charge in [-0.15, -0.1) is 0 Å². The fourth-order valence-electron chi connectivity index (χ4n) is 3.27. The number of sulfonamides is 2. The van der Waals surface area contributed by atoms with Crippen molar-refractivity contribution in [1.29, 1.82) is 0 Å². The average Bonchev–Trinajstić information content (AvgIpc) is 2.70. The summed E-state index contributed by atoms with van der Waals surface area (Å²) in [4.78, 5) is -0.0706. The van der Waals surface area contributed by atoms with Gasteiger partial charge in [0.15, 0.2) is 0 Å². The highest BCUT2D eigenvalue weighted by Gasteiger charge is 2.28. The van der Waals surface area contributed by atoms with Crippen LogP contribution in [0.1, 0.15) is 25.3 Å². The molecule has 0 aromatic heterocycles. The van der Waals surface area contributed by atoms with Crippen molar-refractivity contribution in [2.75, 3.05) is 29.8 Å². The SMILES string of the molecule is CCOc1ccc(N2CCCCS2(=O)=O)cc1S(=O)(=O)NCCc1ccc(Cl)cc1. The second-order valence-corrected chi connectivity index (χ2v) is 11.1. The summed E-state index contributed by atoms with van der Waals surface area (Å²) in [5.41, 5.74) is 1.27. The summed E-state index contributed by atoms with van der Waals surface area (Å²) >= 11 is 5.87. The van der Waals surface area contributed by atoms with E-state index in [1.165, 1.54) is 16.4 Å². The molecule has 30 heavy (non-hydrogen) atoms. The van der Waals surface area contributed by atoms with E-state index >= 15 is 0 Å². The van der Waals surface area contributed by atoms with E-state index in [1.54, 1.807) is 25.1 Å². The second-order valence-electron chi connectivity index (χ2n) is 6.93. The van der Waals surface area contributed by atoms with Crippen LogP contribution < -0.4 is 13.8 Å². The molecule has 1 N–H and O–H groups in total. The van der Waals surface area contributed by atoms with Crippen molar-refractivity contribution in [1.82, 2.24) is 4.72 Å². The maximum atomic E-state index is 13.0. The van der Waals surface area contributed by atoms with E-state index in [2.05, 4.69) is 4.72 Å². The lowest BCUT2D eigenvalue weighted by Crippen LogP contribution is -2.38. The zero-order valence-electron chi connectivity index (χ0n) is 16.7. The summed E-state index contributed by atoms with van der Waals surface area (Å²) in [6.45, 7) is 2.56. The van der Waals surface area contributed by atoms with Crippen molar-refractivity contribution in [3.63, 3.8) is 0 Å². The third-order valence-electron chi connectivity index (χ3n) is 4.77. The van der Waals surface area contributed by atoms with Crippen LogP contribution in [0.4, 0.5) is 5.69 Å². The summed E-state index contributed by atoms with van der Waals surface area (Å²) in [5.74, 6) is 0.247. The van der Waals surface area contributed by atoms with Crippen LogP contribution in [0, 0.1) is 0 Å². The predicted molar refractivity (Wildman–Crippen MR) is 118 cm³/mol. The summed E-state index contributed by atoms with van der Waals surface area (Å²) in [6, 6.07) is 11.6. The van der Waals surface area contributed by atoms with Crippen LogP contribution in [-0.4, -0.2) is 42.3 Å². The van der Waals surface area contributed by atoms with Gasteiger partial charge in [0.1, 0.15) is 10.6 Å². The molecule has 0 saturated carbocycles. The first-order chi connectivity index (χ1) is 14.2. The number of rotatable bonds is 8. The quantitative estimate of drug-likeness (QED) is 0.636. The smallest absolute Gasteiger partial charge is 0.244 e. The Morgan fingerprint density at radius 1 is 1.13 bits per heavy atom. The van der Waals surface area contributed by atoms with Crippen molar-refractivity contribution in [2.45, 2.75) is 31.1 Å². The number of hydrogen-bond acceptors (Lipinski definition) is 5. The number of benzene rings is 2. The van der Waals surface area contributed by atoms with Gasteiger partial charge in [0.2, 0.25) is 20.0 Å². The van der Waals surface area contributed by atoms with Gasteiger partial charge in [0.05, 0.1) is 18.0 Å². The van der Waals surface area contributed by atoms with Gasteiger partial charge in [0, 0.05) is 18.1 Å². The Balaban J connectivity index is 1.84. The van der Waals surface area contributed by atoms with Gasteiger partial charge in [-0.3, -0.25) is 4.31 Å². The predicted octanol–water partition coefficient (Wildman–Crippen LogP) is 3.19. The van der Waals surface area contributed by atoms with E-state index in [-0.39, 0.29) is 29.5 Å². The van der Waals surface area contributed by atoms with Crippen molar-refractivity contribution in [2.24, 2.45) is 0 Å². The molecule has 0 radical (unpaired) electrons. The Labute approximate surface area is 183 Å². The molecule has 7 nitrogen and oxygen atoms in total. The first-order valence-corrected chi connectivity index (χ1v) is 13.2. The molecular weight excluding hydrogens is 448 g/mol. The van der Waals surface area contributed by atoms with E-state index in [1.807, 2.05) is 12.1 Å². The summed E-state index contributed by atoms with van der Waals surface area (Å²) in [7, 11) is -7.37. The molecule has 0 spiro atoms. The lowest BCUT2D eigenvalue weighted by Gasteiger charge is -2.28. The number of hydrogen-bond donors (Lipinski definition) is 1.